The molecule has 0 radical (unpaired) electrons. The highest BCUT2D eigenvalue weighted by atomic mass is 19.2. The van der Waals surface area contributed by atoms with E-state index in [2.05, 4.69) is 9.84 Å². The Morgan fingerprint density at radius 1 is 1.11 bits per heavy atom. The molecule has 0 aliphatic rings. The molecule has 1 N–H and O–H groups in total. The van der Waals surface area contributed by atoms with Crippen LogP contribution < -0.4 is 5.43 Å². The third-order valence-corrected chi connectivity index (χ3v) is 1.87. The second-order valence-corrected chi connectivity index (χ2v) is 3.07. The van der Waals surface area contributed by atoms with Crippen molar-refractivity contribution in [2.75, 3.05) is 6.61 Å². The van der Waals surface area contributed by atoms with Gasteiger partial charge in [-0.1, -0.05) is 0 Å². The topological polar surface area (TPSA) is 50.7 Å². The van der Waals surface area contributed by atoms with Crippen molar-refractivity contribution in [3.63, 3.8) is 0 Å². The molecule has 104 valence electrons. The molecule has 1 amide bonds. The summed E-state index contributed by atoms with van der Waals surface area (Å²) in [4.78, 5) is 10.7. The first-order valence-corrected chi connectivity index (χ1v) is 4.87. The van der Waals surface area contributed by atoms with Crippen molar-refractivity contribution in [2.45, 2.75) is 6.92 Å². The van der Waals surface area contributed by atoms with E-state index in [1.54, 1.807) is 5.43 Å². The second kappa shape index (κ2) is 6.12. The largest absolute Gasteiger partial charge is 0.449 e. The molecule has 0 aliphatic carbocycles. The first kappa shape index (κ1) is 14.9. The fraction of sp³-hybridized carbons (Fsp3) is 0.200. The van der Waals surface area contributed by atoms with E-state index in [1.807, 2.05) is 0 Å². The van der Waals surface area contributed by atoms with E-state index in [1.165, 1.54) is 6.92 Å². The predicted molar refractivity (Wildman–Crippen MR) is 54.0 cm³/mol. The third kappa shape index (κ3) is 3.18. The molecule has 0 aliphatic heterocycles. The van der Waals surface area contributed by atoms with Crippen LogP contribution in [0.25, 0.3) is 0 Å². The lowest BCUT2D eigenvalue weighted by Crippen LogP contribution is -2.19. The van der Waals surface area contributed by atoms with Crippen LogP contribution in [-0.4, -0.2) is 18.9 Å². The van der Waals surface area contributed by atoms with Gasteiger partial charge in [0.05, 0.1) is 18.4 Å². The molecular formula is C10H7F5N2O2. The van der Waals surface area contributed by atoms with Crippen molar-refractivity contribution in [1.82, 2.24) is 5.43 Å². The number of hydrazone groups is 1. The van der Waals surface area contributed by atoms with Gasteiger partial charge in [0.2, 0.25) is 5.82 Å². The van der Waals surface area contributed by atoms with Crippen LogP contribution in [0, 0.1) is 29.1 Å². The zero-order chi connectivity index (χ0) is 14.6. The summed E-state index contributed by atoms with van der Waals surface area (Å²) in [7, 11) is 0. The van der Waals surface area contributed by atoms with Gasteiger partial charge in [0.15, 0.2) is 23.3 Å². The summed E-state index contributed by atoms with van der Waals surface area (Å²) < 4.78 is 68.8. The molecular weight excluding hydrogens is 275 g/mol. The Balaban J connectivity index is 3.02. The van der Waals surface area contributed by atoms with Crippen LogP contribution >= 0.6 is 0 Å². The molecule has 0 fully saturated rings. The van der Waals surface area contributed by atoms with Crippen LogP contribution in [0.15, 0.2) is 5.10 Å². The van der Waals surface area contributed by atoms with Crippen LogP contribution in [0.2, 0.25) is 0 Å². The van der Waals surface area contributed by atoms with Gasteiger partial charge >= 0.3 is 6.09 Å². The van der Waals surface area contributed by atoms with E-state index < -0.39 is 40.7 Å². The minimum atomic E-state index is -2.27. The van der Waals surface area contributed by atoms with E-state index >= 15 is 0 Å². The van der Waals surface area contributed by atoms with Crippen LogP contribution in [-0.2, 0) is 4.74 Å². The van der Waals surface area contributed by atoms with Gasteiger partial charge in [-0.15, -0.1) is 0 Å². The van der Waals surface area contributed by atoms with Crippen molar-refractivity contribution < 1.29 is 31.5 Å². The third-order valence-electron chi connectivity index (χ3n) is 1.87. The number of amides is 1. The molecule has 0 saturated carbocycles. The summed E-state index contributed by atoms with van der Waals surface area (Å²) in [6, 6.07) is 0. The highest BCUT2D eigenvalue weighted by Crippen LogP contribution is 2.21. The maximum absolute atomic E-state index is 13.1. The number of hydrogen-bond donors (Lipinski definition) is 1. The molecule has 9 heteroatoms. The molecule has 19 heavy (non-hydrogen) atoms. The predicted octanol–water partition coefficient (Wildman–Crippen LogP) is 2.46. The van der Waals surface area contributed by atoms with E-state index in [4.69, 9.17) is 0 Å². The Morgan fingerprint density at radius 2 is 1.58 bits per heavy atom. The van der Waals surface area contributed by atoms with Gasteiger partial charge in [0.25, 0.3) is 0 Å². The molecule has 0 aromatic heterocycles. The number of benzene rings is 1. The first-order chi connectivity index (χ1) is 8.90. The van der Waals surface area contributed by atoms with Gasteiger partial charge in [-0.2, -0.15) is 5.10 Å². The Morgan fingerprint density at radius 3 is 2.05 bits per heavy atom. The van der Waals surface area contributed by atoms with Crippen molar-refractivity contribution in [3.8, 4) is 0 Å². The number of rotatable bonds is 3. The summed E-state index contributed by atoms with van der Waals surface area (Å²) >= 11 is 0. The molecule has 1 aromatic carbocycles. The minimum Gasteiger partial charge on any atom is -0.449 e. The molecule has 0 unspecified atom stereocenters. The molecule has 0 bridgehead atoms. The van der Waals surface area contributed by atoms with Crippen LogP contribution in [0.5, 0.6) is 0 Å². The van der Waals surface area contributed by atoms with Gasteiger partial charge < -0.3 is 4.74 Å². The van der Waals surface area contributed by atoms with E-state index in [9.17, 15) is 26.7 Å². The summed E-state index contributed by atoms with van der Waals surface area (Å²) in [6.45, 7) is 1.51. The van der Waals surface area contributed by atoms with Gasteiger partial charge in [0, 0.05) is 0 Å². The Labute approximate surface area is 103 Å². The number of carbonyl (C=O) groups is 1. The standard InChI is InChI=1S/C10H7F5N2O2/c1-2-19-10(18)17-16-3-4-5(11)7(13)9(15)8(14)6(4)12/h3H,2H2,1H3,(H,17,18)/b16-3+. The highest BCUT2D eigenvalue weighted by molar-refractivity contribution is 5.81. The molecule has 1 rings (SSSR count). The lowest BCUT2D eigenvalue weighted by atomic mass is 10.2. The summed E-state index contributed by atoms with van der Waals surface area (Å²) in [5, 5.41) is 3.01. The number of nitrogens with zero attached hydrogens (tertiary/aromatic N) is 1. The summed E-state index contributed by atoms with van der Waals surface area (Å²) in [6.07, 6.45) is -0.754. The average molecular weight is 282 g/mol. The maximum Gasteiger partial charge on any atom is 0.427 e. The lowest BCUT2D eigenvalue weighted by Gasteiger charge is -2.04. The van der Waals surface area contributed by atoms with Gasteiger partial charge in [-0.3, -0.25) is 0 Å². The smallest absolute Gasteiger partial charge is 0.427 e. The maximum atomic E-state index is 13.1. The Kier molecular flexibility index (Phi) is 4.79. The number of nitrogens with one attached hydrogen (secondary N) is 1. The summed E-state index contributed by atoms with van der Waals surface area (Å²) in [5.74, 6) is -10.6. The molecule has 0 saturated heterocycles. The minimum absolute atomic E-state index is 0.0177. The number of ether oxygens (including phenoxy) is 1. The zero-order valence-corrected chi connectivity index (χ0v) is 9.44. The normalized spacial score (nSPS) is 10.8. The summed E-state index contributed by atoms with van der Waals surface area (Å²) in [5.41, 5.74) is 0.406. The van der Waals surface area contributed by atoms with Crippen molar-refractivity contribution in [2.24, 2.45) is 5.10 Å². The Hall–Kier alpha value is -2.19. The average Bonchev–Trinajstić information content (AvgIpc) is 2.38. The van der Waals surface area contributed by atoms with Gasteiger partial charge in [0.1, 0.15) is 0 Å². The fourth-order valence-corrected chi connectivity index (χ4v) is 1.05. The van der Waals surface area contributed by atoms with E-state index in [-0.39, 0.29) is 12.8 Å². The van der Waals surface area contributed by atoms with E-state index in [0.29, 0.717) is 0 Å². The van der Waals surface area contributed by atoms with Crippen LogP contribution in [0.3, 0.4) is 0 Å². The van der Waals surface area contributed by atoms with Gasteiger partial charge in [-0.05, 0) is 6.92 Å². The van der Waals surface area contributed by atoms with Crippen molar-refractivity contribution in [1.29, 1.82) is 0 Å². The molecule has 4 nitrogen and oxygen atoms in total. The van der Waals surface area contributed by atoms with Crippen LogP contribution in [0.4, 0.5) is 26.7 Å². The molecule has 0 atom stereocenters. The van der Waals surface area contributed by atoms with Crippen molar-refractivity contribution >= 4 is 12.3 Å². The van der Waals surface area contributed by atoms with Crippen molar-refractivity contribution in [3.05, 3.63) is 34.6 Å². The first-order valence-electron chi connectivity index (χ1n) is 4.87. The van der Waals surface area contributed by atoms with Crippen LogP contribution in [0.1, 0.15) is 12.5 Å². The fourth-order valence-electron chi connectivity index (χ4n) is 1.05. The Bertz CT molecular complexity index is 504. The monoisotopic (exact) mass is 282 g/mol. The lowest BCUT2D eigenvalue weighted by molar-refractivity contribution is 0.152. The second-order valence-electron chi connectivity index (χ2n) is 3.07. The quantitative estimate of drug-likeness (QED) is 0.304. The molecule has 1 aromatic rings. The zero-order valence-electron chi connectivity index (χ0n) is 9.44. The number of halogens is 5. The SMILES string of the molecule is CCOC(=O)N/N=C/c1c(F)c(F)c(F)c(F)c1F. The molecule has 0 spiro atoms. The molecule has 0 heterocycles. The highest BCUT2D eigenvalue weighted by Gasteiger charge is 2.24. The number of carbonyl (C=O) groups excluding carboxylic acids is 1. The van der Waals surface area contributed by atoms with E-state index in [0.717, 1.165) is 0 Å². The number of hydrogen-bond acceptors (Lipinski definition) is 3. The van der Waals surface area contributed by atoms with Gasteiger partial charge in [-0.25, -0.2) is 32.2 Å².